The predicted molar refractivity (Wildman–Crippen MR) is 58.9 cm³/mol. The minimum Gasteiger partial charge on any atom is -0.379 e. The first-order valence-corrected chi connectivity index (χ1v) is 5.24. The molecule has 5 heteroatoms. The van der Waals surface area contributed by atoms with Gasteiger partial charge in [-0.1, -0.05) is 6.92 Å². The Balaban J connectivity index is 2.11. The molecule has 0 aliphatic carbocycles. The molecule has 0 N–H and O–H groups in total. The summed E-state index contributed by atoms with van der Waals surface area (Å²) in [7, 11) is 1.73. The third kappa shape index (κ3) is 1.97. The smallest absolute Gasteiger partial charge is 0.225 e. The largest absolute Gasteiger partial charge is 0.379 e. The van der Waals surface area contributed by atoms with Gasteiger partial charge in [-0.3, -0.25) is 0 Å². The quantitative estimate of drug-likeness (QED) is 0.735. The lowest BCUT2D eigenvalue weighted by atomic mass is 10.1. The molecule has 0 bridgehead atoms. The second kappa shape index (κ2) is 4.45. The van der Waals surface area contributed by atoms with E-state index in [0.717, 1.165) is 13.1 Å². The lowest BCUT2D eigenvalue weighted by Gasteiger charge is -2.15. The Morgan fingerprint density at radius 1 is 1.44 bits per heavy atom. The van der Waals surface area contributed by atoms with Crippen LogP contribution in [0.3, 0.4) is 0 Å². The minimum atomic E-state index is 0.235. The summed E-state index contributed by atoms with van der Waals surface area (Å²) < 4.78 is 5.37. The van der Waals surface area contributed by atoms with E-state index in [1.807, 2.05) is 6.07 Å². The van der Waals surface area contributed by atoms with Crippen molar-refractivity contribution < 1.29 is 4.74 Å². The maximum Gasteiger partial charge on any atom is 0.225 e. The maximum atomic E-state index is 8.65. The van der Waals surface area contributed by atoms with Crippen molar-refractivity contribution in [2.45, 2.75) is 13.0 Å². The topological polar surface area (TPSA) is 62.0 Å². The van der Waals surface area contributed by atoms with Crippen LogP contribution in [0.15, 0.2) is 12.4 Å². The second-order valence-electron chi connectivity index (χ2n) is 4.04. The fraction of sp³-hybridized carbons (Fsp3) is 0.545. The van der Waals surface area contributed by atoms with Gasteiger partial charge in [0.1, 0.15) is 6.07 Å². The average Bonchev–Trinajstić information content (AvgIpc) is 2.71. The average molecular weight is 218 g/mol. The van der Waals surface area contributed by atoms with Crippen LogP contribution in [0.5, 0.6) is 0 Å². The summed E-state index contributed by atoms with van der Waals surface area (Å²) in [6.45, 7) is 3.85. The molecule has 0 radical (unpaired) electrons. The summed E-state index contributed by atoms with van der Waals surface area (Å²) in [5.74, 6) is 1.15. The number of anilines is 1. The van der Waals surface area contributed by atoms with Gasteiger partial charge in [0.15, 0.2) is 0 Å². The van der Waals surface area contributed by atoms with Crippen LogP contribution in [-0.2, 0) is 4.74 Å². The van der Waals surface area contributed by atoms with Crippen LogP contribution in [0.2, 0.25) is 0 Å². The van der Waals surface area contributed by atoms with E-state index in [9.17, 15) is 0 Å². The first-order chi connectivity index (χ1) is 7.74. The van der Waals surface area contributed by atoms with Gasteiger partial charge in [0.25, 0.3) is 0 Å². The van der Waals surface area contributed by atoms with Crippen molar-refractivity contribution in [1.82, 2.24) is 9.97 Å². The summed E-state index contributed by atoms with van der Waals surface area (Å²) in [6, 6.07) is 2.01. The van der Waals surface area contributed by atoms with Crippen LogP contribution in [0.4, 0.5) is 5.95 Å². The lowest BCUT2D eigenvalue weighted by Crippen LogP contribution is -2.24. The van der Waals surface area contributed by atoms with E-state index < -0.39 is 0 Å². The van der Waals surface area contributed by atoms with Gasteiger partial charge in [0, 0.05) is 26.1 Å². The molecule has 0 aromatic carbocycles. The molecule has 0 unspecified atom stereocenters. The molecule has 2 atom stereocenters. The standard InChI is InChI=1S/C11H14N4O/c1-8-6-15(7-10(8)16-2)11-13-4-9(3-12)5-14-11/h4-5,8,10H,6-7H2,1-2H3/t8-,10+/m1/s1. The molecule has 2 rings (SSSR count). The third-order valence-electron chi connectivity index (χ3n) is 2.90. The van der Waals surface area contributed by atoms with Crippen molar-refractivity contribution in [3.05, 3.63) is 18.0 Å². The van der Waals surface area contributed by atoms with Crippen molar-refractivity contribution in [1.29, 1.82) is 5.26 Å². The van der Waals surface area contributed by atoms with E-state index in [0.29, 0.717) is 17.4 Å². The van der Waals surface area contributed by atoms with Gasteiger partial charge in [0.05, 0.1) is 24.1 Å². The normalized spacial score (nSPS) is 24.4. The Morgan fingerprint density at radius 3 is 2.62 bits per heavy atom. The minimum absolute atomic E-state index is 0.235. The van der Waals surface area contributed by atoms with E-state index in [-0.39, 0.29) is 6.10 Å². The predicted octanol–water partition coefficient (Wildman–Crippen LogP) is 0.819. The zero-order chi connectivity index (χ0) is 11.5. The van der Waals surface area contributed by atoms with Crippen LogP contribution in [0.25, 0.3) is 0 Å². The molecular weight excluding hydrogens is 204 g/mol. The number of rotatable bonds is 2. The molecule has 1 saturated heterocycles. The SMILES string of the molecule is CO[C@H]1CN(c2ncc(C#N)cn2)C[C@H]1C. The molecule has 16 heavy (non-hydrogen) atoms. The summed E-state index contributed by atoms with van der Waals surface area (Å²) in [6.07, 6.45) is 3.33. The zero-order valence-corrected chi connectivity index (χ0v) is 9.42. The van der Waals surface area contributed by atoms with Gasteiger partial charge in [0.2, 0.25) is 5.95 Å². The van der Waals surface area contributed by atoms with Crippen LogP contribution in [-0.4, -0.2) is 36.3 Å². The highest BCUT2D eigenvalue weighted by Gasteiger charge is 2.30. The van der Waals surface area contributed by atoms with Gasteiger partial charge in [-0.05, 0) is 0 Å². The molecule has 0 amide bonds. The highest BCUT2D eigenvalue weighted by atomic mass is 16.5. The van der Waals surface area contributed by atoms with Crippen LogP contribution < -0.4 is 4.90 Å². The van der Waals surface area contributed by atoms with Crippen molar-refractivity contribution in [3.8, 4) is 6.07 Å². The third-order valence-corrected chi connectivity index (χ3v) is 2.90. The molecule has 1 aromatic heterocycles. The Hall–Kier alpha value is -1.67. The van der Waals surface area contributed by atoms with Gasteiger partial charge < -0.3 is 9.64 Å². The highest BCUT2D eigenvalue weighted by Crippen LogP contribution is 2.22. The van der Waals surface area contributed by atoms with Gasteiger partial charge in [-0.15, -0.1) is 0 Å². The van der Waals surface area contributed by atoms with Crippen LogP contribution in [0, 0.1) is 17.2 Å². The number of hydrogen-bond donors (Lipinski definition) is 0. The molecule has 0 saturated carbocycles. The second-order valence-corrected chi connectivity index (χ2v) is 4.04. The van der Waals surface area contributed by atoms with E-state index in [1.165, 1.54) is 0 Å². The van der Waals surface area contributed by atoms with Crippen LogP contribution in [0.1, 0.15) is 12.5 Å². The lowest BCUT2D eigenvalue weighted by molar-refractivity contribution is 0.0899. The van der Waals surface area contributed by atoms with Crippen molar-refractivity contribution >= 4 is 5.95 Å². The summed E-state index contributed by atoms with van der Waals surface area (Å²) in [5, 5.41) is 8.65. The Morgan fingerprint density at radius 2 is 2.12 bits per heavy atom. The Kier molecular flexibility index (Phi) is 3.02. The molecule has 0 spiro atoms. The van der Waals surface area contributed by atoms with Crippen molar-refractivity contribution in [2.24, 2.45) is 5.92 Å². The first-order valence-electron chi connectivity index (χ1n) is 5.24. The molecule has 5 nitrogen and oxygen atoms in total. The first kappa shape index (κ1) is 10.8. The molecule has 1 fully saturated rings. The van der Waals surface area contributed by atoms with E-state index in [1.54, 1.807) is 19.5 Å². The number of methoxy groups -OCH3 is 1. The molecule has 84 valence electrons. The summed E-state index contributed by atoms with van der Waals surface area (Å²) >= 11 is 0. The summed E-state index contributed by atoms with van der Waals surface area (Å²) in [5.41, 5.74) is 0.485. The number of hydrogen-bond acceptors (Lipinski definition) is 5. The van der Waals surface area contributed by atoms with Crippen molar-refractivity contribution in [3.63, 3.8) is 0 Å². The van der Waals surface area contributed by atoms with E-state index >= 15 is 0 Å². The molecule has 2 heterocycles. The monoisotopic (exact) mass is 218 g/mol. The highest BCUT2D eigenvalue weighted by molar-refractivity contribution is 5.35. The fourth-order valence-corrected chi connectivity index (χ4v) is 1.95. The van der Waals surface area contributed by atoms with E-state index in [4.69, 9.17) is 10.00 Å². The van der Waals surface area contributed by atoms with E-state index in [2.05, 4.69) is 21.8 Å². The van der Waals surface area contributed by atoms with Gasteiger partial charge in [-0.25, -0.2) is 9.97 Å². The molecule has 1 aliphatic heterocycles. The van der Waals surface area contributed by atoms with Crippen molar-refractivity contribution in [2.75, 3.05) is 25.1 Å². The number of nitrogens with zero attached hydrogens (tertiary/aromatic N) is 4. The Labute approximate surface area is 94.7 Å². The summed E-state index contributed by atoms with van der Waals surface area (Å²) in [4.78, 5) is 10.4. The fourth-order valence-electron chi connectivity index (χ4n) is 1.95. The molecular formula is C11H14N4O. The Bertz CT molecular complexity index is 397. The maximum absolute atomic E-state index is 8.65. The zero-order valence-electron chi connectivity index (χ0n) is 9.42. The van der Waals surface area contributed by atoms with Gasteiger partial charge in [-0.2, -0.15) is 5.26 Å². The molecule has 1 aromatic rings. The number of aromatic nitrogens is 2. The van der Waals surface area contributed by atoms with Crippen LogP contribution >= 0.6 is 0 Å². The number of ether oxygens (including phenoxy) is 1. The molecule has 1 aliphatic rings. The number of nitriles is 1. The van der Waals surface area contributed by atoms with Gasteiger partial charge >= 0.3 is 0 Å².